The predicted octanol–water partition coefficient (Wildman–Crippen LogP) is 2.62. The SMILES string of the molecule is CCCCOC(=O)c1cccc(NCCN(C)C)c1. The first kappa shape index (κ1) is 15.5. The van der Waals surface area contributed by atoms with Crippen molar-refractivity contribution in [2.75, 3.05) is 39.1 Å². The monoisotopic (exact) mass is 264 g/mol. The lowest BCUT2D eigenvalue weighted by Gasteiger charge is -2.12. The van der Waals surface area contributed by atoms with Crippen molar-refractivity contribution in [3.63, 3.8) is 0 Å². The molecule has 0 aliphatic heterocycles. The van der Waals surface area contributed by atoms with Gasteiger partial charge in [0.1, 0.15) is 0 Å². The van der Waals surface area contributed by atoms with Crippen LogP contribution in [-0.4, -0.2) is 44.7 Å². The van der Waals surface area contributed by atoms with E-state index in [4.69, 9.17) is 4.74 Å². The van der Waals surface area contributed by atoms with Gasteiger partial charge >= 0.3 is 5.97 Å². The van der Waals surface area contributed by atoms with Crippen molar-refractivity contribution in [1.29, 1.82) is 0 Å². The Hall–Kier alpha value is -1.55. The third-order valence-corrected chi connectivity index (χ3v) is 2.72. The van der Waals surface area contributed by atoms with Gasteiger partial charge in [-0.1, -0.05) is 19.4 Å². The van der Waals surface area contributed by atoms with Gasteiger partial charge in [-0.3, -0.25) is 0 Å². The summed E-state index contributed by atoms with van der Waals surface area (Å²) < 4.78 is 5.19. The maximum Gasteiger partial charge on any atom is 0.338 e. The highest BCUT2D eigenvalue weighted by Gasteiger charge is 2.07. The van der Waals surface area contributed by atoms with Gasteiger partial charge in [0.2, 0.25) is 0 Å². The second kappa shape index (κ2) is 8.53. The zero-order chi connectivity index (χ0) is 14.1. The summed E-state index contributed by atoms with van der Waals surface area (Å²) in [6.07, 6.45) is 1.94. The molecule has 106 valence electrons. The molecule has 1 aromatic rings. The number of hydrogen-bond acceptors (Lipinski definition) is 4. The molecule has 0 amide bonds. The number of carbonyl (C=O) groups is 1. The van der Waals surface area contributed by atoms with E-state index in [0.717, 1.165) is 31.6 Å². The van der Waals surface area contributed by atoms with Crippen LogP contribution in [0.4, 0.5) is 5.69 Å². The van der Waals surface area contributed by atoms with Crippen LogP contribution in [0.1, 0.15) is 30.1 Å². The molecule has 0 unspecified atom stereocenters. The quantitative estimate of drug-likeness (QED) is 0.579. The van der Waals surface area contributed by atoms with Crippen LogP contribution in [0.2, 0.25) is 0 Å². The molecule has 0 aliphatic rings. The van der Waals surface area contributed by atoms with Crippen LogP contribution in [0.15, 0.2) is 24.3 Å². The third kappa shape index (κ3) is 6.25. The highest BCUT2D eigenvalue weighted by molar-refractivity contribution is 5.90. The summed E-state index contributed by atoms with van der Waals surface area (Å²) in [7, 11) is 4.06. The number of nitrogens with zero attached hydrogens (tertiary/aromatic N) is 1. The average Bonchev–Trinajstić information content (AvgIpc) is 2.39. The number of nitrogens with one attached hydrogen (secondary N) is 1. The minimum Gasteiger partial charge on any atom is -0.462 e. The van der Waals surface area contributed by atoms with Gasteiger partial charge in [0.15, 0.2) is 0 Å². The molecule has 0 fully saturated rings. The van der Waals surface area contributed by atoms with Crippen molar-refractivity contribution >= 4 is 11.7 Å². The summed E-state index contributed by atoms with van der Waals surface area (Å²) in [6, 6.07) is 7.45. The second-order valence-electron chi connectivity index (χ2n) is 4.80. The summed E-state index contributed by atoms with van der Waals surface area (Å²) in [5, 5.41) is 3.29. The first-order valence-corrected chi connectivity index (χ1v) is 6.79. The molecule has 0 bridgehead atoms. The molecule has 0 saturated heterocycles. The Bertz CT molecular complexity index is 391. The largest absolute Gasteiger partial charge is 0.462 e. The van der Waals surface area contributed by atoms with Crippen LogP contribution in [0.25, 0.3) is 0 Å². The summed E-state index contributed by atoms with van der Waals surface area (Å²) in [5.74, 6) is -0.246. The molecule has 0 spiro atoms. The van der Waals surface area contributed by atoms with Crippen molar-refractivity contribution in [1.82, 2.24) is 4.90 Å². The molecular formula is C15H24N2O2. The Kier molecular flexibility index (Phi) is 6.97. The number of esters is 1. The molecule has 1 aromatic carbocycles. The van der Waals surface area contributed by atoms with E-state index in [1.165, 1.54) is 0 Å². The fraction of sp³-hybridized carbons (Fsp3) is 0.533. The van der Waals surface area contributed by atoms with Crippen LogP contribution in [0.5, 0.6) is 0 Å². The van der Waals surface area contributed by atoms with Gasteiger partial charge in [-0.05, 0) is 38.7 Å². The maximum absolute atomic E-state index is 11.8. The van der Waals surface area contributed by atoms with Gasteiger partial charge in [-0.2, -0.15) is 0 Å². The molecule has 1 rings (SSSR count). The number of ether oxygens (including phenoxy) is 1. The lowest BCUT2D eigenvalue weighted by Crippen LogP contribution is -2.20. The van der Waals surface area contributed by atoms with Crippen LogP contribution in [-0.2, 0) is 4.74 Å². The smallest absolute Gasteiger partial charge is 0.338 e. The fourth-order valence-corrected chi connectivity index (χ4v) is 1.57. The Morgan fingerprint density at radius 1 is 1.37 bits per heavy atom. The van der Waals surface area contributed by atoms with Crippen molar-refractivity contribution in [3.05, 3.63) is 29.8 Å². The number of likely N-dealkylation sites (N-methyl/N-ethyl adjacent to an activating group) is 1. The normalized spacial score (nSPS) is 10.5. The van der Waals surface area contributed by atoms with Crippen LogP contribution in [0.3, 0.4) is 0 Å². The van der Waals surface area contributed by atoms with Crippen LogP contribution >= 0.6 is 0 Å². The second-order valence-corrected chi connectivity index (χ2v) is 4.80. The van der Waals surface area contributed by atoms with E-state index in [2.05, 4.69) is 17.1 Å². The number of hydrogen-bond donors (Lipinski definition) is 1. The molecule has 0 heterocycles. The van der Waals surface area contributed by atoms with E-state index in [9.17, 15) is 4.79 Å². The van der Waals surface area contributed by atoms with E-state index in [0.29, 0.717) is 12.2 Å². The van der Waals surface area contributed by atoms with E-state index < -0.39 is 0 Å². The molecule has 0 atom stereocenters. The molecule has 0 aliphatic carbocycles. The number of carbonyl (C=O) groups excluding carboxylic acids is 1. The van der Waals surface area contributed by atoms with Crippen molar-refractivity contribution in [2.24, 2.45) is 0 Å². The highest BCUT2D eigenvalue weighted by atomic mass is 16.5. The Balaban J connectivity index is 2.48. The summed E-state index contributed by atoms with van der Waals surface area (Å²) in [6.45, 7) is 4.36. The van der Waals surface area contributed by atoms with E-state index in [1.807, 2.05) is 32.3 Å². The topological polar surface area (TPSA) is 41.6 Å². The van der Waals surface area contributed by atoms with Gasteiger partial charge in [0.05, 0.1) is 12.2 Å². The minimum absolute atomic E-state index is 0.246. The Morgan fingerprint density at radius 3 is 2.84 bits per heavy atom. The number of anilines is 1. The number of benzene rings is 1. The number of unbranched alkanes of at least 4 members (excludes halogenated alkanes) is 1. The van der Waals surface area contributed by atoms with Gasteiger partial charge < -0.3 is 15.0 Å². The van der Waals surface area contributed by atoms with Crippen LogP contribution < -0.4 is 5.32 Å². The van der Waals surface area contributed by atoms with E-state index in [-0.39, 0.29) is 5.97 Å². The van der Waals surface area contributed by atoms with Gasteiger partial charge in [-0.15, -0.1) is 0 Å². The van der Waals surface area contributed by atoms with Crippen molar-refractivity contribution in [3.8, 4) is 0 Å². The Morgan fingerprint density at radius 2 is 2.16 bits per heavy atom. The lowest BCUT2D eigenvalue weighted by molar-refractivity contribution is 0.0500. The average molecular weight is 264 g/mol. The van der Waals surface area contributed by atoms with E-state index >= 15 is 0 Å². The van der Waals surface area contributed by atoms with Gasteiger partial charge in [0.25, 0.3) is 0 Å². The van der Waals surface area contributed by atoms with Crippen molar-refractivity contribution in [2.45, 2.75) is 19.8 Å². The molecule has 1 N–H and O–H groups in total. The first-order chi connectivity index (χ1) is 9.13. The zero-order valence-electron chi connectivity index (χ0n) is 12.1. The third-order valence-electron chi connectivity index (χ3n) is 2.72. The zero-order valence-corrected chi connectivity index (χ0v) is 12.1. The maximum atomic E-state index is 11.8. The lowest BCUT2D eigenvalue weighted by atomic mass is 10.2. The Labute approximate surface area is 115 Å². The standard InChI is InChI=1S/C15H24N2O2/c1-4-5-11-19-15(18)13-7-6-8-14(12-13)16-9-10-17(2)3/h6-8,12,16H,4-5,9-11H2,1-3H3. The van der Waals surface area contributed by atoms with E-state index in [1.54, 1.807) is 6.07 Å². The summed E-state index contributed by atoms with van der Waals surface area (Å²) in [5.41, 5.74) is 1.55. The van der Waals surface area contributed by atoms with Crippen molar-refractivity contribution < 1.29 is 9.53 Å². The molecule has 4 nitrogen and oxygen atoms in total. The summed E-state index contributed by atoms with van der Waals surface area (Å²) >= 11 is 0. The molecule has 19 heavy (non-hydrogen) atoms. The van der Waals surface area contributed by atoms with Gasteiger partial charge in [0, 0.05) is 18.8 Å². The minimum atomic E-state index is -0.246. The van der Waals surface area contributed by atoms with Crippen LogP contribution in [0, 0.1) is 0 Å². The molecule has 4 heteroatoms. The fourth-order valence-electron chi connectivity index (χ4n) is 1.57. The van der Waals surface area contributed by atoms with Gasteiger partial charge in [-0.25, -0.2) is 4.79 Å². The predicted molar refractivity (Wildman–Crippen MR) is 78.7 cm³/mol. The highest BCUT2D eigenvalue weighted by Crippen LogP contribution is 2.11. The summed E-state index contributed by atoms with van der Waals surface area (Å²) in [4.78, 5) is 13.9. The number of rotatable bonds is 8. The molecule has 0 radical (unpaired) electrons. The molecule has 0 saturated carbocycles. The first-order valence-electron chi connectivity index (χ1n) is 6.79. The molecule has 0 aromatic heterocycles. The molecular weight excluding hydrogens is 240 g/mol.